The van der Waals surface area contributed by atoms with Crippen molar-refractivity contribution in [1.82, 2.24) is 29.8 Å². The lowest BCUT2D eigenvalue weighted by molar-refractivity contribution is -0.138. The fourth-order valence-electron chi connectivity index (χ4n) is 4.15. The van der Waals surface area contributed by atoms with Gasteiger partial charge in [-0.3, -0.25) is 4.79 Å². The summed E-state index contributed by atoms with van der Waals surface area (Å²) in [5.74, 6) is 0.606. The number of aromatic nitrogens is 5. The Labute approximate surface area is 224 Å². The average Bonchev–Trinajstić information content (AvgIpc) is 3.48. The number of rotatable bonds is 5. The summed E-state index contributed by atoms with van der Waals surface area (Å²) in [5, 5.41) is 6.82. The maximum atomic E-state index is 13.1. The van der Waals surface area contributed by atoms with Crippen LogP contribution in [0, 0.1) is 13.8 Å². The summed E-state index contributed by atoms with van der Waals surface area (Å²) in [4.78, 5) is 38.9. The van der Waals surface area contributed by atoms with Crippen LogP contribution in [0.1, 0.15) is 33.5 Å². The van der Waals surface area contributed by atoms with Crippen LogP contribution < -0.4 is 10.2 Å². The molecule has 1 N–H and O–H groups in total. The predicted octanol–water partition coefficient (Wildman–Crippen LogP) is 5.18. The van der Waals surface area contributed by atoms with E-state index < -0.39 is 11.7 Å². The van der Waals surface area contributed by atoms with E-state index in [1.54, 1.807) is 33.3 Å². The van der Waals surface area contributed by atoms with Crippen LogP contribution in [-0.4, -0.2) is 61.4 Å². The topological polar surface area (TPSA) is 100 Å². The molecule has 0 aliphatic carbocycles. The number of nitrogens with one attached hydrogen (secondary N) is 1. The molecule has 14 heteroatoms. The van der Waals surface area contributed by atoms with E-state index in [1.165, 1.54) is 17.5 Å². The highest BCUT2D eigenvalue weighted by Crippen LogP contribution is 2.33. The predicted molar refractivity (Wildman–Crippen MR) is 140 cm³/mol. The van der Waals surface area contributed by atoms with Gasteiger partial charge in [0.05, 0.1) is 32.4 Å². The number of pyridine rings is 1. The van der Waals surface area contributed by atoms with Crippen molar-refractivity contribution in [2.75, 3.05) is 29.9 Å². The Balaban J connectivity index is 1.20. The minimum absolute atomic E-state index is 0.169. The zero-order valence-electron chi connectivity index (χ0n) is 20.7. The Morgan fingerprint density at radius 2 is 1.84 bits per heavy atom. The fourth-order valence-corrected chi connectivity index (χ4v) is 5.81. The van der Waals surface area contributed by atoms with Crippen LogP contribution in [0.2, 0.25) is 0 Å². The van der Waals surface area contributed by atoms with Crippen molar-refractivity contribution in [3.05, 3.63) is 57.9 Å². The summed E-state index contributed by atoms with van der Waals surface area (Å²) >= 11 is 3.06. The van der Waals surface area contributed by atoms with E-state index in [9.17, 15) is 18.0 Å². The van der Waals surface area contributed by atoms with Gasteiger partial charge in [0.15, 0.2) is 5.13 Å². The molecular weight excluding hydrogens is 537 g/mol. The van der Waals surface area contributed by atoms with Crippen LogP contribution in [0.25, 0.3) is 10.6 Å². The number of alkyl halides is 3. The number of nitrogens with zero attached hydrogens (tertiary/aromatic N) is 7. The van der Waals surface area contributed by atoms with Crippen molar-refractivity contribution >= 4 is 45.5 Å². The summed E-state index contributed by atoms with van der Waals surface area (Å²) in [6.45, 7) is 6.99. The number of piperazine rings is 1. The fraction of sp³-hybridized carbons (Fsp3) is 0.333. The van der Waals surface area contributed by atoms with Gasteiger partial charge in [0, 0.05) is 49.6 Å². The highest BCUT2D eigenvalue weighted by Gasteiger charge is 2.33. The average molecular weight is 561 g/mol. The molecule has 1 fully saturated rings. The highest BCUT2D eigenvalue weighted by molar-refractivity contribution is 7.16. The van der Waals surface area contributed by atoms with Gasteiger partial charge >= 0.3 is 6.18 Å². The van der Waals surface area contributed by atoms with E-state index in [0.717, 1.165) is 33.7 Å². The standard InChI is InChI=1S/C24H23F3N8OS2/c1-13-11-34(22-29-9-17(10-30-22)24(25,26)27)6-7-35(13)21(36)16-4-5-19(28-8-16)33-23-32-18(12-37-23)20-14(2)31-15(3)38-20/h4-5,8-10,12-13H,6-7,11H2,1-3H3,(H,28,32,33)/t13-/m0/s1. The zero-order chi connectivity index (χ0) is 27.0. The first kappa shape index (κ1) is 26.0. The second-order valence-corrected chi connectivity index (χ2v) is 10.9. The van der Waals surface area contributed by atoms with Gasteiger partial charge in [0.25, 0.3) is 5.91 Å². The second-order valence-electron chi connectivity index (χ2n) is 8.81. The number of anilines is 3. The summed E-state index contributed by atoms with van der Waals surface area (Å²) in [6, 6.07) is 3.24. The zero-order valence-corrected chi connectivity index (χ0v) is 22.3. The Morgan fingerprint density at radius 1 is 1.08 bits per heavy atom. The van der Waals surface area contributed by atoms with Gasteiger partial charge in [0.2, 0.25) is 5.95 Å². The number of carbonyl (C=O) groups excluding carboxylic acids is 1. The Hall–Kier alpha value is -3.65. The third-order valence-electron chi connectivity index (χ3n) is 6.02. The lowest BCUT2D eigenvalue weighted by Gasteiger charge is -2.39. The molecule has 0 unspecified atom stereocenters. The number of carbonyl (C=O) groups is 1. The number of hydrogen-bond acceptors (Lipinski definition) is 10. The van der Waals surface area contributed by atoms with E-state index in [2.05, 4.69) is 30.2 Å². The van der Waals surface area contributed by atoms with Gasteiger partial charge < -0.3 is 15.1 Å². The van der Waals surface area contributed by atoms with Crippen molar-refractivity contribution in [3.63, 3.8) is 0 Å². The van der Waals surface area contributed by atoms with Gasteiger partial charge in [-0.15, -0.1) is 22.7 Å². The van der Waals surface area contributed by atoms with Crippen molar-refractivity contribution < 1.29 is 18.0 Å². The SMILES string of the molecule is Cc1nc(C)c(-c2csc(Nc3ccc(C(=O)N4CCN(c5ncc(C(F)(F)F)cn5)C[C@@H]4C)cn3)n2)s1. The molecule has 0 radical (unpaired) electrons. The van der Waals surface area contributed by atoms with E-state index in [4.69, 9.17) is 0 Å². The van der Waals surface area contributed by atoms with Crippen LogP contribution in [0.5, 0.6) is 0 Å². The van der Waals surface area contributed by atoms with Crippen LogP contribution >= 0.6 is 22.7 Å². The molecule has 38 heavy (non-hydrogen) atoms. The minimum atomic E-state index is -4.49. The molecule has 198 valence electrons. The van der Waals surface area contributed by atoms with Crippen molar-refractivity contribution in [2.24, 2.45) is 0 Å². The molecular formula is C24H23F3N8OS2. The van der Waals surface area contributed by atoms with Crippen LogP contribution in [0.3, 0.4) is 0 Å². The molecule has 1 saturated heterocycles. The van der Waals surface area contributed by atoms with Gasteiger partial charge in [0.1, 0.15) is 5.82 Å². The Morgan fingerprint density at radius 3 is 2.45 bits per heavy atom. The number of halogens is 3. The maximum Gasteiger partial charge on any atom is 0.419 e. The van der Waals surface area contributed by atoms with Gasteiger partial charge in [-0.25, -0.2) is 24.9 Å². The van der Waals surface area contributed by atoms with Crippen LogP contribution in [0.4, 0.5) is 30.1 Å². The highest BCUT2D eigenvalue weighted by atomic mass is 32.1. The number of hydrogen-bond donors (Lipinski definition) is 1. The molecule has 5 heterocycles. The quantitative estimate of drug-likeness (QED) is 0.356. The third-order valence-corrected chi connectivity index (χ3v) is 7.88. The molecule has 1 atom stereocenters. The lowest BCUT2D eigenvalue weighted by atomic mass is 10.1. The molecule has 1 amide bonds. The first-order valence-corrected chi connectivity index (χ1v) is 13.4. The second kappa shape index (κ2) is 10.3. The molecule has 0 bridgehead atoms. The van der Waals surface area contributed by atoms with Crippen molar-refractivity contribution in [2.45, 2.75) is 33.0 Å². The molecule has 0 saturated carbocycles. The summed E-state index contributed by atoms with van der Waals surface area (Å²) < 4.78 is 38.4. The van der Waals surface area contributed by atoms with Crippen LogP contribution in [0.15, 0.2) is 36.1 Å². The maximum absolute atomic E-state index is 13.1. The largest absolute Gasteiger partial charge is 0.419 e. The first-order chi connectivity index (χ1) is 18.1. The van der Waals surface area contributed by atoms with E-state index >= 15 is 0 Å². The number of aryl methyl sites for hydroxylation is 2. The monoisotopic (exact) mass is 560 g/mol. The van der Waals surface area contributed by atoms with Gasteiger partial charge in [-0.1, -0.05) is 0 Å². The minimum Gasteiger partial charge on any atom is -0.337 e. The summed E-state index contributed by atoms with van der Waals surface area (Å²) in [5.41, 5.74) is 1.36. The smallest absolute Gasteiger partial charge is 0.337 e. The summed E-state index contributed by atoms with van der Waals surface area (Å²) in [7, 11) is 0. The normalized spacial score (nSPS) is 16.1. The molecule has 1 aliphatic rings. The van der Waals surface area contributed by atoms with E-state index in [-0.39, 0.29) is 17.9 Å². The number of thiazole rings is 2. The van der Waals surface area contributed by atoms with Crippen molar-refractivity contribution in [3.8, 4) is 10.6 Å². The van der Waals surface area contributed by atoms with E-state index in [1.807, 2.05) is 26.2 Å². The van der Waals surface area contributed by atoms with E-state index in [0.29, 0.717) is 36.1 Å². The Bertz CT molecular complexity index is 1440. The first-order valence-electron chi connectivity index (χ1n) is 11.7. The molecule has 9 nitrogen and oxygen atoms in total. The summed E-state index contributed by atoms with van der Waals surface area (Å²) in [6.07, 6.45) is -1.41. The van der Waals surface area contributed by atoms with Crippen LogP contribution in [-0.2, 0) is 6.18 Å². The number of amides is 1. The molecule has 4 aromatic heterocycles. The Kier molecular flexibility index (Phi) is 7.01. The van der Waals surface area contributed by atoms with Gasteiger partial charge in [-0.05, 0) is 32.9 Å². The molecule has 0 aromatic carbocycles. The molecule has 4 aromatic rings. The van der Waals surface area contributed by atoms with Gasteiger partial charge in [-0.2, -0.15) is 13.2 Å². The lowest BCUT2D eigenvalue weighted by Crippen LogP contribution is -2.54. The molecule has 0 spiro atoms. The third kappa shape index (κ3) is 5.45. The van der Waals surface area contributed by atoms with Crippen molar-refractivity contribution in [1.29, 1.82) is 0 Å². The molecule has 5 rings (SSSR count). The molecule has 1 aliphatic heterocycles.